The molecule has 0 atom stereocenters. The molecule has 2 rings (SSSR count). The number of fused-ring (bicyclic) bond motifs is 1. The van der Waals surface area contributed by atoms with Gasteiger partial charge >= 0.3 is 5.69 Å². The fourth-order valence-corrected chi connectivity index (χ4v) is 1.58. The Morgan fingerprint density at radius 3 is 2.84 bits per heavy atom. The van der Waals surface area contributed by atoms with Crippen LogP contribution in [0.5, 0.6) is 0 Å². The Labute approximate surface area is 109 Å². The summed E-state index contributed by atoms with van der Waals surface area (Å²) in [5.74, 6) is -0.368. The lowest BCUT2D eigenvalue weighted by Crippen LogP contribution is -2.40. The second-order valence-corrected chi connectivity index (χ2v) is 4.96. The Hall–Kier alpha value is -2.15. The van der Waals surface area contributed by atoms with Crippen molar-refractivity contribution in [3.8, 4) is 0 Å². The van der Waals surface area contributed by atoms with Gasteiger partial charge in [0.05, 0.1) is 5.60 Å². The Kier molecular flexibility index (Phi) is 3.39. The van der Waals surface area contributed by atoms with E-state index in [2.05, 4.69) is 10.4 Å². The van der Waals surface area contributed by atoms with Gasteiger partial charge in [-0.15, -0.1) is 5.10 Å². The van der Waals surface area contributed by atoms with Crippen LogP contribution in [0, 0.1) is 0 Å². The second kappa shape index (κ2) is 4.85. The number of aliphatic hydroxyl groups is 1. The molecule has 0 spiro atoms. The van der Waals surface area contributed by atoms with E-state index < -0.39 is 5.60 Å². The van der Waals surface area contributed by atoms with E-state index in [0.717, 1.165) is 4.68 Å². The molecule has 0 saturated heterocycles. The molecule has 2 heterocycles. The largest absolute Gasteiger partial charge is 0.389 e. The molecule has 2 N–H and O–H groups in total. The van der Waals surface area contributed by atoms with Crippen molar-refractivity contribution in [3.63, 3.8) is 0 Å². The van der Waals surface area contributed by atoms with Crippen LogP contribution in [-0.2, 0) is 11.3 Å². The summed E-state index contributed by atoms with van der Waals surface area (Å²) in [5, 5.41) is 16.1. The number of hydrogen-bond acceptors (Lipinski definition) is 4. The van der Waals surface area contributed by atoms with E-state index in [-0.39, 0.29) is 24.7 Å². The molecule has 2 aromatic heterocycles. The average molecular weight is 264 g/mol. The monoisotopic (exact) mass is 264 g/mol. The zero-order valence-electron chi connectivity index (χ0n) is 10.8. The Bertz CT molecular complexity index is 651. The highest BCUT2D eigenvalue weighted by Crippen LogP contribution is 1.98. The number of hydrogen-bond donors (Lipinski definition) is 2. The van der Waals surface area contributed by atoms with Crippen molar-refractivity contribution >= 4 is 11.6 Å². The van der Waals surface area contributed by atoms with E-state index in [0.29, 0.717) is 5.65 Å². The first-order valence-corrected chi connectivity index (χ1v) is 5.90. The molecule has 0 saturated carbocycles. The fraction of sp³-hybridized carbons (Fsp3) is 0.417. The number of nitrogens with one attached hydrogen (secondary N) is 1. The maximum atomic E-state index is 11.9. The van der Waals surface area contributed by atoms with Crippen LogP contribution >= 0.6 is 0 Å². The summed E-state index contributed by atoms with van der Waals surface area (Å²) in [4.78, 5) is 23.6. The lowest BCUT2D eigenvalue weighted by molar-refractivity contribution is -0.122. The number of pyridine rings is 1. The van der Waals surface area contributed by atoms with Crippen LogP contribution in [0.3, 0.4) is 0 Å². The van der Waals surface area contributed by atoms with Gasteiger partial charge in [0.25, 0.3) is 0 Å². The minimum absolute atomic E-state index is 0.119. The smallest absolute Gasteiger partial charge is 0.350 e. The molecule has 102 valence electrons. The number of carbonyl (C=O) groups is 1. The number of aromatic nitrogens is 3. The predicted octanol–water partition coefficient (Wildman–Crippen LogP) is -0.617. The van der Waals surface area contributed by atoms with Crippen molar-refractivity contribution < 1.29 is 9.90 Å². The van der Waals surface area contributed by atoms with Gasteiger partial charge in [-0.2, -0.15) is 0 Å². The zero-order valence-corrected chi connectivity index (χ0v) is 10.8. The number of carbonyl (C=O) groups excluding carboxylic acids is 1. The summed E-state index contributed by atoms with van der Waals surface area (Å²) in [6.45, 7) is 3.12. The molecule has 0 aliphatic heterocycles. The second-order valence-electron chi connectivity index (χ2n) is 4.96. The van der Waals surface area contributed by atoms with E-state index in [4.69, 9.17) is 0 Å². The first kappa shape index (κ1) is 13.3. The van der Waals surface area contributed by atoms with Crippen LogP contribution in [0.15, 0.2) is 29.2 Å². The molecule has 0 radical (unpaired) electrons. The van der Waals surface area contributed by atoms with Gasteiger partial charge in [-0.25, -0.2) is 9.48 Å². The van der Waals surface area contributed by atoms with Gasteiger partial charge in [0.2, 0.25) is 5.91 Å². The molecule has 19 heavy (non-hydrogen) atoms. The van der Waals surface area contributed by atoms with Gasteiger partial charge in [-0.3, -0.25) is 9.20 Å². The Morgan fingerprint density at radius 2 is 2.21 bits per heavy atom. The SMILES string of the molecule is CC(C)(O)CNC(=O)Cn1nc2ccccn2c1=O. The van der Waals surface area contributed by atoms with Crippen LogP contribution in [0.4, 0.5) is 0 Å². The molecule has 2 aromatic rings. The van der Waals surface area contributed by atoms with E-state index in [1.165, 1.54) is 4.40 Å². The summed E-state index contributed by atoms with van der Waals surface area (Å²) >= 11 is 0. The van der Waals surface area contributed by atoms with Crippen LogP contribution in [-0.4, -0.2) is 37.3 Å². The highest BCUT2D eigenvalue weighted by Gasteiger charge is 2.15. The van der Waals surface area contributed by atoms with E-state index in [1.807, 2.05) is 0 Å². The molecule has 0 aliphatic carbocycles. The molecule has 0 fully saturated rings. The number of amides is 1. The highest BCUT2D eigenvalue weighted by molar-refractivity contribution is 5.75. The average Bonchev–Trinajstić information content (AvgIpc) is 2.64. The summed E-state index contributed by atoms with van der Waals surface area (Å²) in [7, 11) is 0. The lowest BCUT2D eigenvalue weighted by atomic mass is 10.1. The molecule has 0 unspecified atom stereocenters. The van der Waals surface area contributed by atoms with Gasteiger partial charge in [0.15, 0.2) is 5.65 Å². The number of rotatable bonds is 4. The molecule has 7 heteroatoms. The third-order valence-corrected chi connectivity index (χ3v) is 2.50. The van der Waals surface area contributed by atoms with Crippen molar-refractivity contribution in [2.75, 3.05) is 6.54 Å². The van der Waals surface area contributed by atoms with Gasteiger partial charge in [0.1, 0.15) is 6.54 Å². The lowest BCUT2D eigenvalue weighted by Gasteiger charge is -2.17. The summed E-state index contributed by atoms with van der Waals surface area (Å²) in [6.07, 6.45) is 1.59. The van der Waals surface area contributed by atoms with Gasteiger partial charge in [-0.05, 0) is 26.0 Å². The first-order valence-electron chi connectivity index (χ1n) is 5.90. The molecule has 0 aromatic carbocycles. The minimum Gasteiger partial charge on any atom is -0.389 e. The van der Waals surface area contributed by atoms with Gasteiger partial charge < -0.3 is 10.4 Å². The third kappa shape index (κ3) is 3.19. The van der Waals surface area contributed by atoms with Gasteiger partial charge in [0, 0.05) is 12.7 Å². The van der Waals surface area contributed by atoms with Gasteiger partial charge in [-0.1, -0.05) is 6.07 Å². The molecule has 0 bridgehead atoms. The van der Waals surface area contributed by atoms with Crippen molar-refractivity contribution in [3.05, 3.63) is 34.9 Å². The maximum absolute atomic E-state index is 11.9. The van der Waals surface area contributed by atoms with Crippen molar-refractivity contribution in [1.82, 2.24) is 19.5 Å². The van der Waals surface area contributed by atoms with Crippen LogP contribution < -0.4 is 11.0 Å². The standard InChI is InChI=1S/C12H16N4O3/c1-12(2,19)8-13-10(17)7-16-11(18)15-6-4-3-5-9(15)14-16/h3-6,19H,7-8H2,1-2H3,(H,13,17). The quantitative estimate of drug-likeness (QED) is 0.770. The van der Waals surface area contributed by atoms with E-state index in [1.54, 1.807) is 38.2 Å². The van der Waals surface area contributed by atoms with Crippen LogP contribution in [0.25, 0.3) is 5.65 Å². The normalized spacial score (nSPS) is 11.7. The zero-order chi connectivity index (χ0) is 14.0. The number of nitrogens with zero attached hydrogens (tertiary/aromatic N) is 3. The van der Waals surface area contributed by atoms with Crippen molar-refractivity contribution in [2.45, 2.75) is 26.0 Å². The van der Waals surface area contributed by atoms with E-state index in [9.17, 15) is 14.7 Å². The molecule has 1 amide bonds. The maximum Gasteiger partial charge on any atom is 0.350 e. The van der Waals surface area contributed by atoms with Crippen molar-refractivity contribution in [2.24, 2.45) is 0 Å². The van der Waals surface area contributed by atoms with Crippen molar-refractivity contribution in [1.29, 1.82) is 0 Å². The predicted molar refractivity (Wildman–Crippen MR) is 68.8 cm³/mol. The molecular weight excluding hydrogens is 248 g/mol. The topological polar surface area (TPSA) is 88.6 Å². The van der Waals surface area contributed by atoms with E-state index >= 15 is 0 Å². The first-order chi connectivity index (χ1) is 8.87. The summed E-state index contributed by atoms with van der Waals surface area (Å²) in [6, 6.07) is 5.17. The third-order valence-electron chi connectivity index (χ3n) is 2.50. The fourth-order valence-electron chi connectivity index (χ4n) is 1.58. The minimum atomic E-state index is -0.987. The molecule has 7 nitrogen and oxygen atoms in total. The van der Waals surface area contributed by atoms with Crippen LogP contribution in [0.2, 0.25) is 0 Å². The Morgan fingerprint density at radius 1 is 1.47 bits per heavy atom. The van der Waals surface area contributed by atoms with Crippen LogP contribution in [0.1, 0.15) is 13.8 Å². The molecular formula is C12H16N4O3. The summed E-state index contributed by atoms with van der Waals surface area (Å²) < 4.78 is 2.46. The Balaban J connectivity index is 2.11. The molecule has 0 aliphatic rings. The highest BCUT2D eigenvalue weighted by atomic mass is 16.3. The summed E-state index contributed by atoms with van der Waals surface area (Å²) in [5.41, 5.74) is -0.865.